The first-order valence-corrected chi connectivity index (χ1v) is 8.20. The van der Waals surface area contributed by atoms with Crippen LogP contribution in [-0.2, 0) is 6.42 Å². The topological polar surface area (TPSA) is 0 Å². The van der Waals surface area contributed by atoms with Crippen LogP contribution in [0.3, 0.4) is 0 Å². The first-order valence-electron chi connectivity index (χ1n) is 5.61. The molecule has 0 saturated heterocycles. The molecule has 3 heteroatoms. The minimum atomic E-state index is 0.758. The molecule has 0 N–H and O–H groups in total. The van der Waals surface area contributed by atoms with Crippen LogP contribution in [0.4, 0.5) is 0 Å². The second-order valence-corrected chi connectivity index (χ2v) is 7.63. The average Bonchev–Trinajstić information content (AvgIpc) is 2.46. The van der Waals surface area contributed by atoms with Crippen LogP contribution in [0.5, 0.6) is 0 Å². The van der Waals surface area contributed by atoms with E-state index in [0.717, 1.165) is 10.7 Å². The molecule has 0 nitrogen and oxygen atoms in total. The molecule has 1 aliphatic carbocycles. The standard InChI is InChI=1S/C12H16Br2S/c13-10-4-2-1-3-9(5-10)6-12-7-11(14)8-15-12/h7-10H,1-6H2. The van der Waals surface area contributed by atoms with Crippen molar-refractivity contribution >= 4 is 43.2 Å². The van der Waals surface area contributed by atoms with Crippen molar-refractivity contribution in [3.05, 3.63) is 20.8 Å². The van der Waals surface area contributed by atoms with Crippen LogP contribution in [0.25, 0.3) is 0 Å². The zero-order valence-electron chi connectivity index (χ0n) is 8.72. The van der Waals surface area contributed by atoms with Gasteiger partial charge in [0.15, 0.2) is 0 Å². The molecule has 1 saturated carbocycles. The van der Waals surface area contributed by atoms with Gasteiger partial charge in [0, 0.05) is 19.6 Å². The van der Waals surface area contributed by atoms with Crippen molar-refractivity contribution < 1.29 is 0 Å². The zero-order valence-corrected chi connectivity index (χ0v) is 12.7. The summed E-state index contributed by atoms with van der Waals surface area (Å²) < 4.78 is 1.24. The van der Waals surface area contributed by atoms with Crippen LogP contribution >= 0.6 is 43.2 Å². The monoisotopic (exact) mass is 350 g/mol. The van der Waals surface area contributed by atoms with Gasteiger partial charge in [0.25, 0.3) is 0 Å². The number of alkyl halides is 1. The first kappa shape index (κ1) is 12.1. The highest BCUT2D eigenvalue weighted by Gasteiger charge is 2.18. The van der Waals surface area contributed by atoms with Gasteiger partial charge in [-0.2, -0.15) is 0 Å². The lowest BCUT2D eigenvalue weighted by Crippen LogP contribution is -2.07. The van der Waals surface area contributed by atoms with E-state index in [9.17, 15) is 0 Å². The molecule has 1 aromatic heterocycles. The molecule has 84 valence electrons. The minimum absolute atomic E-state index is 0.758. The molecular weight excluding hydrogens is 336 g/mol. The summed E-state index contributed by atoms with van der Waals surface area (Å²) >= 11 is 9.21. The summed E-state index contributed by atoms with van der Waals surface area (Å²) in [6.45, 7) is 0. The Labute approximate surface area is 113 Å². The normalized spacial score (nSPS) is 27.6. The summed E-state index contributed by atoms with van der Waals surface area (Å²) in [5.74, 6) is 0.891. The second kappa shape index (κ2) is 5.83. The smallest absolute Gasteiger partial charge is 0.0285 e. The fraction of sp³-hybridized carbons (Fsp3) is 0.667. The van der Waals surface area contributed by atoms with E-state index in [0.29, 0.717) is 0 Å². The van der Waals surface area contributed by atoms with E-state index in [2.05, 4.69) is 43.3 Å². The van der Waals surface area contributed by atoms with Crippen LogP contribution in [-0.4, -0.2) is 4.83 Å². The molecule has 0 radical (unpaired) electrons. The minimum Gasteiger partial charge on any atom is -0.148 e. The number of halogens is 2. The number of hydrogen-bond donors (Lipinski definition) is 0. The molecule has 0 aromatic carbocycles. The Morgan fingerprint density at radius 1 is 1.33 bits per heavy atom. The van der Waals surface area contributed by atoms with Crippen LogP contribution in [0.1, 0.15) is 37.0 Å². The van der Waals surface area contributed by atoms with E-state index in [1.165, 1.54) is 47.9 Å². The third kappa shape index (κ3) is 3.86. The molecule has 1 aliphatic rings. The number of rotatable bonds is 2. The molecule has 0 aliphatic heterocycles. The Morgan fingerprint density at radius 3 is 2.87 bits per heavy atom. The lowest BCUT2D eigenvalue weighted by Gasteiger charge is -2.14. The van der Waals surface area contributed by atoms with Crippen LogP contribution < -0.4 is 0 Å². The van der Waals surface area contributed by atoms with Crippen molar-refractivity contribution in [2.75, 3.05) is 0 Å². The maximum atomic E-state index is 3.79. The third-order valence-corrected chi connectivity index (χ3v) is 5.63. The Kier molecular flexibility index (Phi) is 4.71. The molecule has 0 amide bonds. The Hall–Kier alpha value is 0.660. The lowest BCUT2D eigenvalue weighted by molar-refractivity contribution is 0.466. The van der Waals surface area contributed by atoms with Gasteiger partial charge in [0.1, 0.15) is 0 Å². The maximum absolute atomic E-state index is 3.79. The summed E-state index contributed by atoms with van der Waals surface area (Å²) in [5, 5.41) is 2.19. The molecule has 15 heavy (non-hydrogen) atoms. The van der Waals surface area contributed by atoms with Gasteiger partial charge in [-0.1, -0.05) is 35.2 Å². The first-order chi connectivity index (χ1) is 7.24. The van der Waals surface area contributed by atoms with Gasteiger partial charge >= 0.3 is 0 Å². The van der Waals surface area contributed by atoms with E-state index < -0.39 is 0 Å². The highest BCUT2D eigenvalue weighted by atomic mass is 79.9. The number of hydrogen-bond acceptors (Lipinski definition) is 1. The Bertz CT molecular complexity index is 308. The van der Waals surface area contributed by atoms with Crippen molar-refractivity contribution in [3.63, 3.8) is 0 Å². The van der Waals surface area contributed by atoms with E-state index in [-0.39, 0.29) is 0 Å². The largest absolute Gasteiger partial charge is 0.148 e. The van der Waals surface area contributed by atoms with Crippen molar-refractivity contribution in [2.24, 2.45) is 5.92 Å². The van der Waals surface area contributed by atoms with E-state index in [1.807, 2.05) is 11.3 Å². The molecule has 0 bridgehead atoms. The van der Waals surface area contributed by atoms with E-state index in [1.54, 1.807) is 0 Å². The molecule has 0 spiro atoms. The summed E-state index contributed by atoms with van der Waals surface area (Å²) in [7, 11) is 0. The fourth-order valence-corrected chi connectivity index (χ4v) is 4.75. The van der Waals surface area contributed by atoms with Crippen molar-refractivity contribution in [3.8, 4) is 0 Å². The zero-order chi connectivity index (χ0) is 10.7. The van der Waals surface area contributed by atoms with Crippen LogP contribution in [0.15, 0.2) is 15.9 Å². The third-order valence-electron chi connectivity index (χ3n) is 3.08. The van der Waals surface area contributed by atoms with Gasteiger partial charge in [-0.25, -0.2) is 0 Å². The summed E-state index contributed by atoms with van der Waals surface area (Å²) in [6, 6.07) is 2.28. The van der Waals surface area contributed by atoms with Gasteiger partial charge < -0.3 is 0 Å². The quantitative estimate of drug-likeness (QED) is 0.494. The van der Waals surface area contributed by atoms with Crippen molar-refractivity contribution in [2.45, 2.75) is 43.4 Å². The Balaban J connectivity index is 1.92. The van der Waals surface area contributed by atoms with E-state index >= 15 is 0 Å². The molecular formula is C12H16Br2S. The second-order valence-electron chi connectivity index (χ2n) is 4.42. The van der Waals surface area contributed by atoms with Gasteiger partial charge in [-0.15, -0.1) is 11.3 Å². The van der Waals surface area contributed by atoms with Gasteiger partial charge in [-0.05, 0) is 47.2 Å². The molecule has 1 aromatic rings. The summed E-state index contributed by atoms with van der Waals surface area (Å²) in [6.07, 6.45) is 8.23. The predicted molar refractivity (Wildman–Crippen MR) is 75.0 cm³/mol. The van der Waals surface area contributed by atoms with Crippen LogP contribution in [0, 0.1) is 5.92 Å². The van der Waals surface area contributed by atoms with Gasteiger partial charge in [0.05, 0.1) is 0 Å². The average molecular weight is 352 g/mol. The van der Waals surface area contributed by atoms with Gasteiger partial charge in [0.2, 0.25) is 0 Å². The molecule has 2 atom stereocenters. The van der Waals surface area contributed by atoms with Gasteiger partial charge in [-0.3, -0.25) is 0 Å². The SMILES string of the molecule is Brc1csc(CC2CCCCC(Br)C2)c1. The predicted octanol–water partition coefficient (Wildman–Crippen LogP) is 5.40. The summed E-state index contributed by atoms with van der Waals surface area (Å²) in [4.78, 5) is 2.29. The van der Waals surface area contributed by atoms with E-state index in [4.69, 9.17) is 0 Å². The van der Waals surface area contributed by atoms with Crippen molar-refractivity contribution in [1.29, 1.82) is 0 Å². The molecule has 1 fully saturated rings. The number of thiophene rings is 1. The Morgan fingerprint density at radius 2 is 2.13 bits per heavy atom. The molecule has 1 heterocycles. The fourth-order valence-electron chi connectivity index (χ4n) is 2.33. The lowest BCUT2D eigenvalue weighted by atomic mass is 9.96. The summed E-state index contributed by atoms with van der Waals surface area (Å²) in [5.41, 5.74) is 0. The molecule has 2 unspecified atom stereocenters. The van der Waals surface area contributed by atoms with Crippen molar-refractivity contribution in [1.82, 2.24) is 0 Å². The molecule has 2 rings (SSSR count). The highest BCUT2D eigenvalue weighted by molar-refractivity contribution is 9.10. The van der Waals surface area contributed by atoms with Crippen LogP contribution in [0.2, 0.25) is 0 Å². The maximum Gasteiger partial charge on any atom is 0.0285 e. The highest BCUT2D eigenvalue weighted by Crippen LogP contribution is 2.32.